The zero-order valence-corrected chi connectivity index (χ0v) is 12.3. The van der Waals surface area contributed by atoms with Crippen molar-refractivity contribution in [2.24, 2.45) is 5.92 Å². The second kappa shape index (κ2) is 6.97. The molecule has 0 saturated carbocycles. The lowest BCUT2D eigenvalue weighted by Gasteiger charge is -2.30. The molecule has 2 amide bonds. The van der Waals surface area contributed by atoms with E-state index in [1.165, 1.54) is 7.11 Å². The van der Waals surface area contributed by atoms with Gasteiger partial charge < -0.3 is 19.7 Å². The molecule has 1 aromatic carbocycles. The van der Waals surface area contributed by atoms with Crippen LogP contribution >= 0.6 is 0 Å². The van der Waals surface area contributed by atoms with Crippen LogP contribution in [0, 0.1) is 5.92 Å². The Morgan fingerprint density at radius 1 is 1.24 bits per heavy atom. The van der Waals surface area contributed by atoms with Crippen molar-refractivity contribution < 1.29 is 19.1 Å². The second-order valence-electron chi connectivity index (χ2n) is 4.97. The molecule has 1 fully saturated rings. The van der Waals surface area contributed by atoms with Gasteiger partial charge in [-0.15, -0.1) is 0 Å². The van der Waals surface area contributed by atoms with Gasteiger partial charge in [-0.25, -0.2) is 4.79 Å². The smallest absolute Gasteiger partial charge is 0.409 e. The molecule has 1 aliphatic heterocycles. The molecule has 0 aliphatic carbocycles. The van der Waals surface area contributed by atoms with Crippen LogP contribution in [0.25, 0.3) is 0 Å². The van der Waals surface area contributed by atoms with Crippen molar-refractivity contribution in [2.75, 3.05) is 32.6 Å². The average molecular weight is 292 g/mol. The molecule has 1 atom stereocenters. The normalized spacial score (nSPS) is 18.0. The van der Waals surface area contributed by atoms with Crippen molar-refractivity contribution in [2.45, 2.75) is 12.8 Å². The molecule has 6 heteroatoms. The number of amides is 2. The van der Waals surface area contributed by atoms with Crippen LogP contribution in [0.5, 0.6) is 5.75 Å². The summed E-state index contributed by atoms with van der Waals surface area (Å²) in [5, 5.41) is 2.87. The third-order valence-electron chi connectivity index (χ3n) is 3.58. The average Bonchev–Trinajstić information content (AvgIpc) is 2.55. The first-order valence-corrected chi connectivity index (χ1v) is 6.92. The molecular formula is C15H20N2O4. The summed E-state index contributed by atoms with van der Waals surface area (Å²) in [6.07, 6.45) is 1.20. The minimum atomic E-state index is -0.378. The molecule has 1 N–H and O–H groups in total. The summed E-state index contributed by atoms with van der Waals surface area (Å²) in [7, 11) is 2.94. The summed E-state index contributed by atoms with van der Waals surface area (Å²) in [4.78, 5) is 25.4. The van der Waals surface area contributed by atoms with Crippen molar-refractivity contribution in [3.05, 3.63) is 24.3 Å². The minimum absolute atomic E-state index is 0.0752. The molecule has 21 heavy (non-hydrogen) atoms. The molecule has 0 bridgehead atoms. The molecule has 1 aromatic rings. The fourth-order valence-corrected chi connectivity index (χ4v) is 2.40. The number of ether oxygens (including phenoxy) is 2. The van der Waals surface area contributed by atoms with Crippen molar-refractivity contribution in [3.63, 3.8) is 0 Å². The third-order valence-corrected chi connectivity index (χ3v) is 3.58. The van der Waals surface area contributed by atoms with E-state index in [1.807, 2.05) is 0 Å². The zero-order valence-electron chi connectivity index (χ0n) is 12.3. The van der Waals surface area contributed by atoms with Crippen molar-refractivity contribution in [3.8, 4) is 5.75 Å². The summed E-state index contributed by atoms with van der Waals surface area (Å²) in [5.41, 5.74) is 0.719. The van der Waals surface area contributed by atoms with Gasteiger partial charge in [0.25, 0.3) is 0 Å². The largest absolute Gasteiger partial charge is 0.497 e. The highest BCUT2D eigenvalue weighted by Gasteiger charge is 2.28. The van der Waals surface area contributed by atoms with E-state index in [9.17, 15) is 9.59 Å². The van der Waals surface area contributed by atoms with Crippen LogP contribution in [0.1, 0.15) is 12.8 Å². The van der Waals surface area contributed by atoms with Gasteiger partial charge in [-0.2, -0.15) is 0 Å². The highest BCUT2D eigenvalue weighted by Crippen LogP contribution is 2.20. The minimum Gasteiger partial charge on any atom is -0.497 e. The maximum Gasteiger partial charge on any atom is 0.409 e. The number of nitrogens with one attached hydrogen (secondary N) is 1. The van der Waals surface area contributed by atoms with E-state index >= 15 is 0 Å². The highest BCUT2D eigenvalue weighted by atomic mass is 16.5. The first kappa shape index (κ1) is 15.2. The molecule has 0 spiro atoms. The lowest BCUT2D eigenvalue weighted by molar-refractivity contribution is -0.121. The van der Waals surface area contributed by atoms with E-state index < -0.39 is 0 Å². The molecule has 1 unspecified atom stereocenters. The zero-order chi connectivity index (χ0) is 15.2. The Balaban J connectivity index is 1.94. The van der Waals surface area contributed by atoms with E-state index in [0.29, 0.717) is 13.1 Å². The van der Waals surface area contributed by atoms with Crippen molar-refractivity contribution in [1.29, 1.82) is 0 Å². The number of carbonyl (C=O) groups is 2. The fourth-order valence-electron chi connectivity index (χ4n) is 2.40. The quantitative estimate of drug-likeness (QED) is 0.926. The SMILES string of the molecule is COC(=O)N1CCCC(C(=O)Nc2ccc(OC)cc2)C1. The summed E-state index contributed by atoms with van der Waals surface area (Å²) in [6.45, 7) is 1.04. The fraction of sp³-hybridized carbons (Fsp3) is 0.467. The molecule has 0 radical (unpaired) electrons. The lowest BCUT2D eigenvalue weighted by atomic mass is 9.97. The molecule has 1 heterocycles. The van der Waals surface area contributed by atoms with E-state index in [4.69, 9.17) is 9.47 Å². The second-order valence-corrected chi connectivity index (χ2v) is 4.97. The van der Waals surface area contributed by atoms with Crippen LogP contribution < -0.4 is 10.1 Å². The van der Waals surface area contributed by atoms with Gasteiger partial charge in [0.1, 0.15) is 5.75 Å². The standard InChI is InChI=1S/C15H20N2O4/c1-20-13-7-5-12(6-8-13)16-14(18)11-4-3-9-17(10-11)15(19)21-2/h5-8,11H,3-4,9-10H2,1-2H3,(H,16,18). The van der Waals surface area contributed by atoms with E-state index in [2.05, 4.69) is 5.32 Å². The van der Waals surface area contributed by atoms with Crippen LogP contribution in [0.3, 0.4) is 0 Å². The number of hydrogen-bond donors (Lipinski definition) is 1. The number of carbonyl (C=O) groups excluding carboxylic acids is 2. The molecule has 6 nitrogen and oxygen atoms in total. The first-order chi connectivity index (χ1) is 10.1. The maximum absolute atomic E-state index is 12.3. The van der Waals surface area contributed by atoms with Crippen LogP contribution in [-0.4, -0.2) is 44.2 Å². The van der Waals surface area contributed by atoms with Gasteiger partial charge in [0.15, 0.2) is 0 Å². The number of methoxy groups -OCH3 is 2. The predicted octanol–water partition coefficient (Wildman–Crippen LogP) is 2.11. The molecule has 2 rings (SSSR count). The Morgan fingerprint density at radius 2 is 1.95 bits per heavy atom. The van der Waals surface area contributed by atoms with Crippen LogP contribution in [0.4, 0.5) is 10.5 Å². The summed E-state index contributed by atoms with van der Waals surface area (Å²) in [5.74, 6) is 0.455. The Kier molecular flexibility index (Phi) is 5.03. The molecule has 0 aromatic heterocycles. The lowest BCUT2D eigenvalue weighted by Crippen LogP contribution is -2.43. The number of rotatable bonds is 3. The Labute approximate surface area is 124 Å². The number of nitrogens with zero attached hydrogens (tertiary/aromatic N) is 1. The first-order valence-electron chi connectivity index (χ1n) is 6.92. The summed E-state index contributed by atoms with van der Waals surface area (Å²) in [6, 6.07) is 7.16. The van der Waals surface area contributed by atoms with Crippen LogP contribution in [-0.2, 0) is 9.53 Å². The van der Waals surface area contributed by atoms with E-state index in [0.717, 1.165) is 24.3 Å². The third kappa shape index (κ3) is 3.87. The van der Waals surface area contributed by atoms with Crippen LogP contribution in [0.15, 0.2) is 24.3 Å². The van der Waals surface area contributed by atoms with Crippen LogP contribution in [0.2, 0.25) is 0 Å². The summed E-state index contributed by atoms with van der Waals surface area (Å²) < 4.78 is 9.78. The van der Waals surface area contributed by atoms with Gasteiger partial charge in [0.2, 0.25) is 5.91 Å². The van der Waals surface area contributed by atoms with Crippen molar-refractivity contribution in [1.82, 2.24) is 4.90 Å². The van der Waals surface area contributed by atoms with Gasteiger partial charge >= 0.3 is 6.09 Å². The molecule has 114 valence electrons. The Hall–Kier alpha value is -2.24. The monoisotopic (exact) mass is 292 g/mol. The molecular weight excluding hydrogens is 272 g/mol. The Bertz CT molecular complexity index is 501. The van der Waals surface area contributed by atoms with Gasteiger partial charge in [-0.3, -0.25) is 4.79 Å². The van der Waals surface area contributed by atoms with Gasteiger partial charge in [-0.05, 0) is 37.1 Å². The van der Waals surface area contributed by atoms with E-state index in [1.54, 1.807) is 36.3 Å². The molecule has 1 saturated heterocycles. The number of likely N-dealkylation sites (tertiary alicyclic amines) is 1. The maximum atomic E-state index is 12.3. The number of benzene rings is 1. The van der Waals surface area contributed by atoms with Crippen molar-refractivity contribution >= 4 is 17.7 Å². The number of hydrogen-bond acceptors (Lipinski definition) is 4. The van der Waals surface area contributed by atoms with Gasteiger partial charge in [0.05, 0.1) is 20.1 Å². The topological polar surface area (TPSA) is 67.9 Å². The van der Waals surface area contributed by atoms with E-state index in [-0.39, 0.29) is 17.9 Å². The number of piperidine rings is 1. The van der Waals surface area contributed by atoms with Gasteiger partial charge in [0, 0.05) is 18.8 Å². The summed E-state index contributed by atoms with van der Waals surface area (Å²) >= 11 is 0. The predicted molar refractivity (Wildman–Crippen MR) is 78.3 cm³/mol. The Morgan fingerprint density at radius 3 is 2.57 bits per heavy atom. The highest BCUT2D eigenvalue weighted by molar-refractivity contribution is 5.93. The van der Waals surface area contributed by atoms with Gasteiger partial charge in [-0.1, -0.05) is 0 Å². The number of anilines is 1. The molecule has 1 aliphatic rings.